The van der Waals surface area contributed by atoms with Crippen LogP contribution in [-0.2, 0) is 0 Å². The number of nitrogens with one attached hydrogen (secondary N) is 1. The molecule has 0 heterocycles. The van der Waals surface area contributed by atoms with E-state index in [0.29, 0.717) is 5.69 Å². The van der Waals surface area contributed by atoms with Crippen LogP contribution in [0.1, 0.15) is 11.1 Å². The number of anilines is 1. The van der Waals surface area contributed by atoms with Crippen LogP contribution >= 0.6 is 0 Å². The summed E-state index contributed by atoms with van der Waals surface area (Å²) in [5.41, 5.74) is 2.65. The molecule has 0 aromatic heterocycles. The standard InChI is InChI=1S/C11H17NO3/c1-7-3-10(11(15)4-8(7)2)12-5-9(14)6-13/h3-4,9,12-15H,5-6H2,1-2H3. The summed E-state index contributed by atoms with van der Waals surface area (Å²) in [6.45, 7) is 3.79. The van der Waals surface area contributed by atoms with Crippen molar-refractivity contribution >= 4 is 5.69 Å². The number of aromatic hydroxyl groups is 1. The highest BCUT2D eigenvalue weighted by Gasteiger charge is 2.06. The quantitative estimate of drug-likeness (QED) is 0.555. The zero-order valence-corrected chi connectivity index (χ0v) is 8.99. The van der Waals surface area contributed by atoms with Crippen molar-refractivity contribution in [1.82, 2.24) is 0 Å². The third-order valence-electron chi connectivity index (χ3n) is 2.35. The minimum absolute atomic E-state index is 0.156. The fraction of sp³-hybridized carbons (Fsp3) is 0.455. The van der Waals surface area contributed by atoms with Gasteiger partial charge in [0.25, 0.3) is 0 Å². The Kier molecular flexibility index (Phi) is 3.94. The first-order chi connectivity index (χ1) is 7.04. The van der Waals surface area contributed by atoms with Crippen LogP contribution in [0, 0.1) is 13.8 Å². The Morgan fingerprint density at radius 2 is 1.87 bits per heavy atom. The van der Waals surface area contributed by atoms with Crippen LogP contribution in [0.25, 0.3) is 0 Å². The molecule has 0 saturated carbocycles. The molecule has 4 N–H and O–H groups in total. The van der Waals surface area contributed by atoms with E-state index in [1.807, 2.05) is 19.9 Å². The summed E-state index contributed by atoms with van der Waals surface area (Å²) in [6.07, 6.45) is -0.814. The Morgan fingerprint density at radius 3 is 2.47 bits per heavy atom. The molecule has 84 valence electrons. The summed E-state index contributed by atoms with van der Waals surface area (Å²) < 4.78 is 0. The van der Waals surface area contributed by atoms with E-state index in [4.69, 9.17) is 10.2 Å². The molecular weight excluding hydrogens is 194 g/mol. The normalized spacial score (nSPS) is 12.5. The molecule has 0 amide bonds. The number of aliphatic hydroxyl groups excluding tert-OH is 2. The van der Waals surface area contributed by atoms with Gasteiger partial charge in [-0.15, -0.1) is 0 Å². The number of phenolic OH excluding ortho intramolecular Hbond substituents is 1. The zero-order chi connectivity index (χ0) is 11.4. The maximum atomic E-state index is 9.59. The van der Waals surface area contributed by atoms with Crippen molar-refractivity contribution in [3.63, 3.8) is 0 Å². The zero-order valence-electron chi connectivity index (χ0n) is 8.99. The van der Waals surface area contributed by atoms with Crippen molar-refractivity contribution in [3.8, 4) is 5.75 Å². The summed E-state index contributed by atoms with van der Waals surface area (Å²) in [5.74, 6) is 0.156. The fourth-order valence-corrected chi connectivity index (χ4v) is 1.23. The molecule has 0 aliphatic rings. The summed E-state index contributed by atoms with van der Waals surface area (Å²) >= 11 is 0. The topological polar surface area (TPSA) is 72.7 Å². The predicted octanol–water partition coefficient (Wildman–Crippen LogP) is 0.774. The minimum atomic E-state index is -0.814. The van der Waals surface area contributed by atoms with E-state index in [1.54, 1.807) is 6.07 Å². The van der Waals surface area contributed by atoms with E-state index in [2.05, 4.69) is 5.32 Å². The summed E-state index contributed by atoms with van der Waals surface area (Å²) in [7, 11) is 0. The minimum Gasteiger partial charge on any atom is -0.506 e. The van der Waals surface area contributed by atoms with Gasteiger partial charge in [0.05, 0.1) is 18.4 Å². The molecule has 0 saturated heterocycles. The molecule has 4 nitrogen and oxygen atoms in total. The monoisotopic (exact) mass is 211 g/mol. The smallest absolute Gasteiger partial charge is 0.138 e. The van der Waals surface area contributed by atoms with Crippen molar-refractivity contribution in [3.05, 3.63) is 23.3 Å². The van der Waals surface area contributed by atoms with Gasteiger partial charge in [0, 0.05) is 6.54 Å². The Hall–Kier alpha value is -1.26. The summed E-state index contributed by atoms with van der Waals surface area (Å²) in [5, 5.41) is 30.2. The summed E-state index contributed by atoms with van der Waals surface area (Å²) in [6, 6.07) is 3.48. The van der Waals surface area contributed by atoms with E-state index >= 15 is 0 Å². The van der Waals surface area contributed by atoms with Gasteiger partial charge in [-0.05, 0) is 37.1 Å². The maximum Gasteiger partial charge on any atom is 0.138 e. The number of benzene rings is 1. The van der Waals surface area contributed by atoms with Crippen molar-refractivity contribution in [1.29, 1.82) is 0 Å². The number of hydrogen-bond donors (Lipinski definition) is 4. The summed E-state index contributed by atoms with van der Waals surface area (Å²) in [4.78, 5) is 0. The maximum absolute atomic E-state index is 9.59. The van der Waals surface area contributed by atoms with E-state index in [9.17, 15) is 5.11 Å². The van der Waals surface area contributed by atoms with Crippen LogP contribution in [0.4, 0.5) is 5.69 Å². The van der Waals surface area contributed by atoms with Gasteiger partial charge < -0.3 is 20.6 Å². The molecule has 1 rings (SSSR count). The third-order valence-corrected chi connectivity index (χ3v) is 2.35. The highest BCUT2D eigenvalue weighted by Crippen LogP contribution is 2.26. The number of rotatable bonds is 4. The van der Waals surface area contributed by atoms with Gasteiger partial charge in [-0.2, -0.15) is 0 Å². The number of aryl methyl sites for hydroxylation is 2. The first-order valence-corrected chi connectivity index (χ1v) is 4.87. The largest absolute Gasteiger partial charge is 0.506 e. The first-order valence-electron chi connectivity index (χ1n) is 4.87. The van der Waals surface area contributed by atoms with E-state index < -0.39 is 6.10 Å². The molecule has 0 spiro atoms. The predicted molar refractivity (Wildman–Crippen MR) is 59.2 cm³/mol. The van der Waals surface area contributed by atoms with Gasteiger partial charge in [-0.3, -0.25) is 0 Å². The molecule has 0 aliphatic carbocycles. The molecule has 1 unspecified atom stereocenters. The average molecular weight is 211 g/mol. The van der Waals surface area contributed by atoms with E-state index in [0.717, 1.165) is 11.1 Å². The van der Waals surface area contributed by atoms with Crippen LogP contribution < -0.4 is 5.32 Å². The van der Waals surface area contributed by atoms with Crippen molar-refractivity contribution in [2.75, 3.05) is 18.5 Å². The van der Waals surface area contributed by atoms with Crippen LogP contribution in [0.15, 0.2) is 12.1 Å². The van der Waals surface area contributed by atoms with Crippen LogP contribution in [-0.4, -0.2) is 34.6 Å². The van der Waals surface area contributed by atoms with Crippen LogP contribution in [0.3, 0.4) is 0 Å². The molecule has 1 aromatic rings. The molecule has 4 heteroatoms. The lowest BCUT2D eigenvalue weighted by atomic mass is 10.1. The van der Waals surface area contributed by atoms with Crippen molar-refractivity contribution < 1.29 is 15.3 Å². The fourth-order valence-electron chi connectivity index (χ4n) is 1.23. The lowest BCUT2D eigenvalue weighted by molar-refractivity contribution is 0.105. The van der Waals surface area contributed by atoms with Crippen LogP contribution in [0.5, 0.6) is 5.75 Å². The molecule has 0 radical (unpaired) electrons. The van der Waals surface area contributed by atoms with Crippen molar-refractivity contribution in [2.24, 2.45) is 0 Å². The van der Waals surface area contributed by atoms with E-state index in [-0.39, 0.29) is 18.9 Å². The lowest BCUT2D eigenvalue weighted by Gasteiger charge is -2.13. The SMILES string of the molecule is Cc1cc(O)c(NCC(O)CO)cc1C. The Morgan fingerprint density at radius 1 is 1.27 bits per heavy atom. The van der Waals surface area contributed by atoms with Gasteiger partial charge in [-0.1, -0.05) is 0 Å². The van der Waals surface area contributed by atoms with Gasteiger partial charge >= 0.3 is 0 Å². The van der Waals surface area contributed by atoms with Crippen LogP contribution in [0.2, 0.25) is 0 Å². The first kappa shape index (κ1) is 11.8. The lowest BCUT2D eigenvalue weighted by Crippen LogP contribution is -2.23. The Balaban J connectivity index is 2.73. The molecular formula is C11H17NO3. The third kappa shape index (κ3) is 3.11. The number of hydrogen-bond acceptors (Lipinski definition) is 4. The molecule has 0 aliphatic heterocycles. The highest BCUT2D eigenvalue weighted by molar-refractivity contribution is 5.59. The Bertz CT molecular complexity index is 339. The van der Waals surface area contributed by atoms with Crippen molar-refractivity contribution in [2.45, 2.75) is 20.0 Å². The highest BCUT2D eigenvalue weighted by atomic mass is 16.3. The second kappa shape index (κ2) is 5.00. The van der Waals surface area contributed by atoms with Gasteiger partial charge in [-0.25, -0.2) is 0 Å². The molecule has 0 bridgehead atoms. The number of phenols is 1. The van der Waals surface area contributed by atoms with Gasteiger partial charge in [0.15, 0.2) is 0 Å². The molecule has 1 atom stereocenters. The average Bonchev–Trinajstić information content (AvgIpc) is 2.21. The van der Waals surface area contributed by atoms with E-state index in [1.165, 1.54) is 0 Å². The van der Waals surface area contributed by atoms with Gasteiger partial charge in [0.2, 0.25) is 0 Å². The molecule has 15 heavy (non-hydrogen) atoms. The van der Waals surface area contributed by atoms with Gasteiger partial charge in [0.1, 0.15) is 5.75 Å². The number of aliphatic hydroxyl groups is 2. The second-order valence-corrected chi connectivity index (χ2v) is 3.67. The Labute approximate surface area is 89.2 Å². The molecule has 1 aromatic carbocycles. The molecule has 0 fully saturated rings. The second-order valence-electron chi connectivity index (χ2n) is 3.67.